The van der Waals surface area contributed by atoms with E-state index in [-0.39, 0.29) is 25.2 Å². The van der Waals surface area contributed by atoms with Crippen molar-refractivity contribution in [1.82, 2.24) is 25.7 Å². The van der Waals surface area contributed by atoms with Gasteiger partial charge in [-0.1, -0.05) is 51.1 Å². The minimum atomic E-state index is -1.31. The fourth-order valence-corrected chi connectivity index (χ4v) is 5.53. The summed E-state index contributed by atoms with van der Waals surface area (Å²) in [5.74, 6) is -1.09. The summed E-state index contributed by atoms with van der Waals surface area (Å²) in [7, 11) is 0. The molecule has 3 N–H and O–H groups in total. The van der Waals surface area contributed by atoms with Crippen LogP contribution in [0.4, 0.5) is 9.59 Å². The topological polar surface area (TPSA) is 132 Å². The van der Waals surface area contributed by atoms with Crippen molar-refractivity contribution in [3.05, 3.63) is 35.9 Å². The average molecular weight is 488 g/mol. The van der Waals surface area contributed by atoms with E-state index in [0.717, 1.165) is 10.5 Å². The second kappa shape index (κ2) is 9.37. The normalized spacial score (nSPS) is 26.1. The van der Waals surface area contributed by atoms with E-state index < -0.39 is 34.9 Å². The Balaban J connectivity index is 1.38. The van der Waals surface area contributed by atoms with Gasteiger partial charge in [-0.15, -0.1) is 0 Å². The number of fused-ring (bicyclic) bond motifs is 2. The molecule has 5 amide bonds. The Kier molecular flexibility index (Phi) is 6.63. The van der Waals surface area contributed by atoms with Gasteiger partial charge in [0.1, 0.15) is 18.2 Å². The van der Waals surface area contributed by atoms with Crippen molar-refractivity contribution < 1.29 is 29.1 Å². The van der Waals surface area contributed by atoms with Crippen LogP contribution >= 0.6 is 0 Å². The number of benzene rings is 1. The maximum absolute atomic E-state index is 13.3. The Morgan fingerprint density at radius 1 is 1.14 bits per heavy atom. The molecule has 4 rings (SSSR count). The van der Waals surface area contributed by atoms with Crippen LogP contribution in [0.15, 0.2) is 30.3 Å². The van der Waals surface area contributed by atoms with Crippen molar-refractivity contribution in [3.8, 4) is 0 Å². The second-order valence-corrected chi connectivity index (χ2v) is 10.4. The Morgan fingerprint density at radius 3 is 2.51 bits per heavy atom. The Labute approximate surface area is 204 Å². The van der Waals surface area contributed by atoms with Gasteiger partial charge in [-0.25, -0.2) is 9.59 Å². The molecular weight excluding hydrogens is 454 g/mol. The molecule has 190 valence electrons. The zero-order valence-electron chi connectivity index (χ0n) is 20.3. The zero-order valence-corrected chi connectivity index (χ0v) is 20.3. The third-order valence-corrected chi connectivity index (χ3v) is 7.37. The number of carbonyl (C=O) groups is 4. The lowest BCUT2D eigenvalue weighted by Crippen LogP contribution is -2.66. The summed E-state index contributed by atoms with van der Waals surface area (Å²) in [6.45, 7) is 6.29. The molecule has 11 nitrogen and oxygen atoms in total. The van der Waals surface area contributed by atoms with Gasteiger partial charge in [0.05, 0.1) is 6.04 Å². The van der Waals surface area contributed by atoms with E-state index in [0.29, 0.717) is 32.2 Å². The molecule has 3 fully saturated rings. The van der Waals surface area contributed by atoms with E-state index in [2.05, 4.69) is 10.9 Å². The van der Waals surface area contributed by atoms with Crippen LogP contribution < -0.4 is 10.9 Å². The molecule has 11 heteroatoms. The zero-order chi connectivity index (χ0) is 25.4. The van der Waals surface area contributed by atoms with E-state index in [9.17, 15) is 24.3 Å². The predicted octanol–water partition coefficient (Wildman–Crippen LogP) is 2.09. The number of hydrogen-bond acceptors (Lipinski definition) is 5. The Bertz CT molecular complexity index is 996. The summed E-state index contributed by atoms with van der Waals surface area (Å²) in [4.78, 5) is 59.5. The lowest BCUT2D eigenvalue weighted by Gasteiger charge is -2.45. The van der Waals surface area contributed by atoms with Gasteiger partial charge < -0.3 is 10.0 Å². The van der Waals surface area contributed by atoms with Gasteiger partial charge in [0.25, 0.3) is 11.8 Å². The van der Waals surface area contributed by atoms with Crippen LogP contribution in [-0.2, 0) is 21.0 Å². The Hall–Kier alpha value is -3.34. The predicted molar refractivity (Wildman–Crippen MR) is 124 cm³/mol. The highest BCUT2D eigenvalue weighted by Crippen LogP contribution is 2.44. The highest BCUT2D eigenvalue weighted by atomic mass is 16.7. The molecule has 2 bridgehead atoms. The number of urea groups is 1. The highest BCUT2D eigenvalue weighted by Gasteiger charge is 2.57. The molecule has 0 spiro atoms. The van der Waals surface area contributed by atoms with E-state index >= 15 is 0 Å². The second-order valence-electron chi connectivity index (χ2n) is 10.4. The molecule has 1 aromatic carbocycles. The minimum absolute atomic E-state index is 0.142. The van der Waals surface area contributed by atoms with Crippen LogP contribution in [0.1, 0.15) is 52.0 Å². The van der Waals surface area contributed by atoms with Crippen LogP contribution in [-0.4, -0.2) is 74.6 Å². The molecule has 3 aliphatic rings. The summed E-state index contributed by atoms with van der Waals surface area (Å²) in [5.41, 5.74) is 3.83. The summed E-state index contributed by atoms with van der Waals surface area (Å²) < 4.78 is 0. The molecule has 3 heterocycles. The first-order valence-electron chi connectivity index (χ1n) is 11.9. The fraction of sp³-hybridized carbons (Fsp3) is 0.583. The van der Waals surface area contributed by atoms with Crippen molar-refractivity contribution in [1.29, 1.82) is 0 Å². The van der Waals surface area contributed by atoms with Gasteiger partial charge in [-0.05, 0) is 36.7 Å². The van der Waals surface area contributed by atoms with Gasteiger partial charge in [0.2, 0.25) is 0 Å². The molecule has 0 unspecified atom stereocenters. The summed E-state index contributed by atoms with van der Waals surface area (Å²) in [6, 6.07) is 8.23. The number of hydrogen-bond donors (Lipinski definition) is 3. The number of hydroxylamine groups is 2. The van der Waals surface area contributed by atoms with Crippen molar-refractivity contribution in [3.63, 3.8) is 0 Å². The van der Waals surface area contributed by atoms with Crippen LogP contribution in [0, 0.1) is 5.41 Å². The number of carbonyl (C=O) groups excluding carboxylic acids is 3. The van der Waals surface area contributed by atoms with Crippen LogP contribution in [0.5, 0.6) is 0 Å². The number of hydrazine groups is 1. The van der Waals surface area contributed by atoms with Crippen LogP contribution in [0.2, 0.25) is 0 Å². The lowest BCUT2D eigenvalue weighted by molar-refractivity contribution is -0.142. The SMILES string of the molecule is CC(C)(C)[C@@]1(C(=O)NNC(=O)[C@@H]2CC[C@@H]3CN2C(=O)N3OCc2ccccc2)CCCN1C(=O)O. The van der Waals surface area contributed by atoms with Crippen molar-refractivity contribution in [2.75, 3.05) is 13.1 Å². The van der Waals surface area contributed by atoms with E-state index in [4.69, 9.17) is 4.84 Å². The minimum Gasteiger partial charge on any atom is -0.465 e. The third-order valence-electron chi connectivity index (χ3n) is 7.37. The quantitative estimate of drug-likeness (QED) is 0.545. The molecule has 3 aliphatic heterocycles. The highest BCUT2D eigenvalue weighted by molar-refractivity contribution is 5.94. The molecule has 0 aromatic heterocycles. The summed E-state index contributed by atoms with van der Waals surface area (Å²) >= 11 is 0. The summed E-state index contributed by atoms with van der Waals surface area (Å²) in [6.07, 6.45) is 0.747. The number of piperidine rings is 1. The largest absolute Gasteiger partial charge is 0.465 e. The average Bonchev–Trinajstić information content (AvgIpc) is 3.38. The van der Waals surface area contributed by atoms with Crippen molar-refractivity contribution in [2.24, 2.45) is 5.41 Å². The molecule has 3 atom stereocenters. The molecule has 35 heavy (non-hydrogen) atoms. The van der Waals surface area contributed by atoms with Gasteiger partial charge in [-0.3, -0.25) is 30.2 Å². The number of carboxylic acid groups (broad SMARTS) is 1. The monoisotopic (exact) mass is 487 g/mol. The lowest BCUT2D eigenvalue weighted by atomic mass is 9.71. The number of nitrogens with one attached hydrogen (secondary N) is 2. The molecule has 3 saturated heterocycles. The standard InChI is InChI=1S/C24H33N5O6/c1-23(2,3)24(12-7-13-28(24)22(33)34)20(31)26-25-19(30)18-11-10-17-14-27(18)21(32)29(17)35-15-16-8-5-4-6-9-16/h4-6,8-9,17-18H,7,10-15H2,1-3H3,(H,25,30)(H,26,31)(H,33,34)/t17-,18+,24+/m1/s1. The number of rotatable bonds is 5. The van der Waals surface area contributed by atoms with E-state index in [1.165, 1.54) is 9.96 Å². The maximum Gasteiger partial charge on any atom is 0.408 e. The van der Waals surface area contributed by atoms with Gasteiger partial charge in [-0.2, -0.15) is 5.06 Å². The molecule has 0 aliphatic carbocycles. The maximum atomic E-state index is 13.3. The number of likely N-dealkylation sites (tertiary alicyclic amines) is 1. The first-order valence-corrected chi connectivity index (χ1v) is 11.9. The van der Waals surface area contributed by atoms with Crippen molar-refractivity contribution >= 4 is 23.9 Å². The smallest absolute Gasteiger partial charge is 0.408 e. The number of nitrogens with zero attached hydrogens (tertiary/aromatic N) is 3. The molecule has 0 radical (unpaired) electrons. The first-order chi connectivity index (χ1) is 16.6. The third kappa shape index (κ3) is 4.40. The first kappa shape index (κ1) is 24.8. The summed E-state index contributed by atoms with van der Waals surface area (Å²) in [5, 5.41) is 11.0. The van der Waals surface area contributed by atoms with E-state index in [1.54, 1.807) is 0 Å². The Morgan fingerprint density at radius 2 is 1.86 bits per heavy atom. The van der Waals surface area contributed by atoms with Crippen molar-refractivity contribution in [2.45, 2.75) is 70.7 Å². The number of amides is 5. The van der Waals surface area contributed by atoms with Gasteiger partial charge >= 0.3 is 12.1 Å². The van der Waals surface area contributed by atoms with Crippen LogP contribution in [0.25, 0.3) is 0 Å². The molecule has 0 saturated carbocycles. The van der Waals surface area contributed by atoms with Crippen LogP contribution in [0.3, 0.4) is 0 Å². The molecular formula is C24H33N5O6. The fourth-order valence-electron chi connectivity index (χ4n) is 5.53. The van der Waals surface area contributed by atoms with Gasteiger partial charge in [0, 0.05) is 13.1 Å². The van der Waals surface area contributed by atoms with Gasteiger partial charge in [0.15, 0.2) is 0 Å². The van der Waals surface area contributed by atoms with E-state index in [1.807, 2.05) is 51.1 Å². The molecule has 1 aromatic rings.